The number of carbonyl (C=O) groups is 1. The summed E-state index contributed by atoms with van der Waals surface area (Å²) in [6.45, 7) is 7.91. The number of amides is 1. The molecule has 0 aromatic heterocycles. The molecule has 2 N–H and O–H groups in total. The first-order chi connectivity index (χ1) is 10.7. The molecule has 4 nitrogen and oxygen atoms in total. The summed E-state index contributed by atoms with van der Waals surface area (Å²) in [5.41, 5.74) is 2.16. The summed E-state index contributed by atoms with van der Waals surface area (Å²) in [5, 5.41) is 6.44. The quantitative estimate of drug-likeness (QED) is 0.802. The maximum Gasteiger partial charge on any atom is 0.238 e. The van der Waals surface area contributed by atoms with E-state index in [2.05, 4.69) is 41.5 Å². The minimum Gasteiger partial charge on any atom is -0.325 e. The maximum absolute atomic E-state index is 12.4. The third kappa shape index (κ3) is 6.50. The molecular weight excluding hydrogens is 310 g/mol. The Morgan fingerprint density at radius 2 is 2.04 bits per heavy atom. The molecule has 23 heavy (non-hydrogen) atoms. The lowest BCUT2D eigenvalue weighted by atomic mass is 10.0. The molecule has 0 saturated carbocycles. The number of aryl methyl sites for hydroxylation is 1. The Morgan fingerprint density at radius 3 is 2.70 bits per heavy atom. The van der Waals surface area contributed by atoms with Crippen LogP contribution in [0.1, 0.15) is 38.7 Å². The van der Waals surface area contributed by atoms with Gasteiger partial charge in [-0.05, 0) is 63.0 Å². The van der Waals surface area contributed by atoms with Crippen molar-refractivity contribution >= 4 is 24.0 Å². The molecule has 0 aliphatic carbocycles. The lowest BCUT2D eigenvalue weighted by molar-refractivity contribution is -0.118. The highest BCUT2D eigenvalue weighted by molar-refractivity contribution is 5.92. The van der Waals surface area contributed by atoms with Crippen LogP contribution in [0.15, 0.2) is 24.3 Å². The molecule has 2 rings (SSSR count). The van der Waals surface area contributed by atoms with Gasteiger partial charge in [0.05, 0.1) is 6.54 Å². The molecular formula is C18H30ClN3O. The van der Waals surface area contributed by atoms with Crippen molar-refractivity contribution in [1.82, 2.24) is 10.2 Å². The van der Waals surface area contributed by atoms with E-state index in [9.17, 15) is 4.79 Å². The second kappa shape index (κ2) is 10.6. The fourth-order valence-corrected chi connectivity index (χ4v) is 3.10. The number of anilines is 1. The number of nitrogens with zero attached hydrogens (tertiary/aromatic N) is 1. The highest BCUT2D eigenvalue weighted by Crippen LogP contribution is 2.14. The van der Waals surface area contributed by atoms with Crippen LogP contribution in [0, 0.1) is 0 Å². The van der Waals surface area contributed by atoms with E-state index in [1.165, 1.54) is 5.56 Å². The Kier molecular flexibility index (Phi) is 9.22. The molecule has 0 radical (unpaired) electrons. The molecule has 5 heteroatoms. The molecule has 0 unspecified atom stereocenters. The summed E-state index contributed by atoms with van der Waals surface area (Å²) >= 11 is 0. The van der Waals surface area contributed by atoms with Gasteiger partial charge in [-0.1, -0.05) is 26.0 Å². The monoisotopic (exact) mass is 339 g/mol. The van der Waals surface area contributed by atoms with E-state index >= 15 is 0 Å². The number of hydrogen-bond acceptors (Lipinski definition) is 3. The smallest absolute Gasteiger partial charge is 0.238 e. The number of rotatable bonds is 7. The summed E-state index contributed by atoms with van der Waals surface area (Å²) in [4.78, 5) is 14.7. The maximum atomic E-state index is 12.4. The summed E-state index contributed by atoms with van der Waals surface area (Å²) in [6, 6.07) is 8.66. The van der Waals surface area contributed by atoms with Crippen LogP contribution >= 0.6 is 12.4 Å². The Labute approximate surface area is 146 Å². The molecule has 1 saturated heterocycles. The number of piperidine rings is 1. The van der Waals surface area contributed by atoms with E-state index in [1.54, 1.807) is 0 Å². The Morgan fingerprint density at radius 1 is 1.30 bits per heavy atom. The first-order valence-electron chi connectivity index (χ1n) is 8.56. The molecule has 1 aromatic carbocycles. The van der Waals surface area contributed by atoms with Gasteiger partial charge in [0.2, 0.25) is 5.91 Å². The molecule has 1 aliphatic heterocycles. The van der Waals surface area contributed by atoms with Gasteiger partial charge in [-0.2, -0.15) is 0 Å². The van der Waals surface area contributed by atoms with Crippen molar-refractivity contribution in [3.8, 4) is 0 Å². The van der Waals surface area contributed by atoms with Gasteiger partial charge in [0.1, 0.15) is 0 Å². The molecule has 1 aliphatic rings. The summed E-state index contributed by atoms with van der Waals surface area (Å²) in [5.74, 6) is 0.0974. The lowest BCUT2D eigenvalue weighted by Gasteiger charge is -2.34. The van der Waals surface area contributed by atoms with Gasteiger partial charge in [0.25, 0.3) is 0 Å². The van der Waals surface area contributed by atoms with Crippen LogP contribution in [0.5, 0.6) is 0 Å². The van der Waals surface area contributed by atoms with Crippen molar-refractivity contribution in [1.29, 1.82) is 0 Å². The minimum absolute atomic E-state index is 0. The number of nitrogens with one attached hydrogen (secondary N) is 2. The van der Waals surface area contributed by atoms with Crippen LogP contribution in [-0.4, -0.2) is 43.0 Å². The largest absolute Gasteiger partial charge is 0.325 e. The number of benzene rings is 1. The van der Waals surface area contributed by atoms with Gasteiger partial charge < -0.3 is 10.6 Å². The molecule has 1 fully saturated rings. The summed E-state index contributed by atoms with van der Waals surface area (Å²) < 4.78 is 0. The van der Waals surface area contributed by atoms with E-state index in [0.717, 1.165) is 51.0 Å². The zero-order chi connectivity index (χ0) is 15.8. The van der Waals surface area contributed by atoms with E-state index in [-0.39, 0.29) is 18.3 Å². The van der Waals surface area contributed by atoms with E-state index < -0.39 is 0 Å². The highest BCUT2D eigenvalue weighted by Gasteiger charge is 2.22. The Balaban J connectivity index is 0.00000264. The van der Waals surface area contributed by atoms with E-state index in [0.29, 0.717) is 12.6 Å². The van der Waals surface area contributed by atoms with Crippen molar-refractivity contribution in [3.63, 3.8) is 0 Å². The van der Waals surface area contributed by atoms with Crippen molar-refractivity contribution < 1.29 is 4.79 Å². The summed E-state index contributed by atoms with van der Waals surface area (Å²) in [7, 11) is 0. The van der Waals surface area contributed by atoms with Gasteiger partial charge in [-0.15, -0.1) is 12.4 Å². The SMILES string of the molecule is CCCN(CC(=O)Nc1cccc(CC)c1)C1CCNCC1.Cl. The van der Waals surface area contributed by atoms with Crippen LogP contribution in [0.2, 0.25) is 0 Å². The predicted molar refractivity (Wildman–Crippen MR) is 99.5 cm³/mol. The van der Waals surface area contributed by atoms with E-state index in [1.807, 2.05) is 12.1 Å². The Hall–Kier alpha value is -1.10. The average Bonchev–Trinajstić information content (AvgIpc) is 2.55. The molecule has 0 spiro atoms. The van der Waals surface area contributed by atoms with Crippen LogP contribution in [0.4, 0.5) is 5.69 Å². The van der Waals surface area contributed by atoms with Gasteiger partial charge >= 0.3 is 0 Å². The Bertz CT molecular complexity index is 475. The summed E-state index contributed by atoms with van der Waals surface area (Å²) in [6.07, 6.45) is 4.35. The molecule has 1 heterocycles. The zero-order valence-electron chi connectivity index (χ0n) is 14.3. The molecule has 0 bridgehead atoms. The van der Waals surface area contributed by atoms with Gasteiger partial charge in [-0.25, -0.2) is 0 Å². The topological polar surface area (TPSA) is 44.4 Å². The predicted octanol–water partition coefficient (Wildman–Crippen LogP) is 3.07. The van der Waals surface area contributed by atoms with Crippen LogP contribution in [-0.2, 0) is 11.2 Å². The first kappa shape index (κ1) is 19.9. The second-order valence-corrected chi connectivity index (χ2v) is 6.05. The number of carbonyl (C=O) groups excluding carboxylic acids is 1. The zero-order valence-corrected chi connectivity index (χ0v) is 15.1. The molecule has 0 atom stereocenters. The number of hydrogen-bond donors (Lipinski definition) is 2. The third-order valence-corrected chi connectivity index (χ3v) is 4.30. The second-order valence-electron chi connectivity index (χ2n) is 6.05. The van der Waals surface area contributed by atoms with Gasteiger partial charge in [-0.3, -0.25) is 9.69 Å². The first-order valence-corrected chi connectivity index (χ1v) is 8.56. The highest BCUT2D eigenvalue weighted by atomic mass is 35.5. The van der Waals surface area contributed by atoms with Crippen molar-refractivity contribution in [2.24, 2.45) is 0 Å². The number of halogens is 1. The minimum atomic E-state index is 0. The van der Waals surface area contributed by atoms with E-state index in [4.69, 9.17) is 0 Å². The molecule has 130 valence electrons. The normalized spacial score (nSPS) is 15.3. The van der Waals surface area contributed by atoms with Crippen LogP contribution < -0.4 is 10.6 Å². The van der Waals surface area contributed by atoms with Crippen molar-refractivity contribution in [3.05, 3.63) is 29.8 Å². The lowest BCUT2D eigenvalue weighted by Crippen LogP contribution is -2.46. The van der Waals surface area contributed by atoms with Crippen LogP contribution in [0.3, 0.4) is 0 Å². The van der Waals surface area contributed by atoms with Gasteiger partial charge in [0.15, 0.2) is 0 Å². The molecule has 1 amide bonds. The van der Waals surface area contributed by atoms with Crippen molar-refractivity contribution in [2.75, 3.05) is 31.5 Å². The third-order valence-electron chi connectivity index (χ3n) is 4.30. The van der Waals surface area contributed by atoms with Crippen LogP contribution in [0.25, 0.3) is 0 Å². The fraction of sp³-hybridized carbons (Fsp3) is 0.611. The van der Waals surface area contributed by atoms with Crippen molar-refractivity contribution in [2.45, 2.75) is 45.6 Å². The standard InChI is InChI=1S/C18H29N3O.ClH/c1-3-12-21(17-8-10-19-11-9-17)14-18(22)20-16-7-5-6-15(4-2)13-16;/h5-7,13,17,19H,3-4,8-12,14H2,1-2H3,(H,20,22);1H. The fourth-order valence-electron chi connectivity index (χ4n) is 3.10. The van der Waals surface area contributed by atoms with Gasteiger partial charge in [0, 0.05) is 11.7 Å². The average molecular weight is 340 g/mol. The molecule has 1 aromatic rings.